The lowest BCUT2D eigenvalue weighted by Crippen LogP contribution is -2.38. The number of urea groups is 1. The van der Waals surface area contributed by atoms with E-state index in [0.717, 1.165) is 18.4 Å². The van der Waals surface area contributed by atoms with Crippen LogP contribution in [0, 0.1) is 0 Å². The maximum atomic E-state index is 12.3. The SMILES string of the molecule is CC(NC(=O)NC1CCc2ccccc21)c1ccc(OC(F)F)cc1. The van der Waals surface area contributed by atoms with E-state index in [2.05, 4.69) is 21.4 Å². The fraction of sp³-hybridized carbons (Fsp3) is 0.316. The maximum Gasteiger partial charge on any atom is 0.387 e. The molecule has 0 heterocycles. The van der Waals surface area contributed by atoms with Crippen molar-refractivity contribution in [2.75, 3.05) is 0 Å². The van der Waals surface area contributed by atoms with Gasteiger partial charge in [0.05, 0.1) is 12.1 Å². The summed E-state index contributed by atoms with van der Waals surface area (Å²) in [6.45, 7) is -1.01. The van der Waals surface area contributed by atoms with Crippen molar-refractivity contribution >= 4 is 6.03 Å². The molecule has 0 bridgehead atoms. The third-order valence-electron chi connectivity index (χ3n) is 4.39. The lowest BCUT2D eigenvalue weighted by Gasteiger charge is -2.19. The van der Waals surface area contributed by atoms with E-state index in [-0.39, 0.29) is 23.9 Å². The van der Waals surface area contributed by atoms with Gasteiger partial charge in [-0.05, 0) is 48.6 Å². The molecule has 0 radical (unpaired) electrons. The number of halogens is 2. The number of benzene rings is 2. The van der Waals surface area contributed by atoms with E-state index in [1.807, 2.05) is 25.1 Å². The van der Waals surface area contributed by atoms with Crippen LogP contribution in [0.25, 0.3) is 0 Å². The van der Waals surface area contributed by atoms with E-state index in [1.54, 1.807) is 12.1 Å². The summed E-state index contributed by atoms with van der Waals surface area (Å²) in [6, 6.07) is 13.9. The molecule has 2 unspecified atom stereocenters. The van der Waals surface area contributed by atoms with Gasteiger partial charge in [0.2, 0.25) is 0 Å². The Morgan fingerprint density at radius 2 is 1.88 bits per heavy atom. The van der Waals surface area contributed by atoms with Crippen molar-refractivity contribution in [3.05, 3.63) is 65.2 Å². The number of carbonyl (C=O) groups excluding carboxylic acids is 1. The Morgan fingerprint density at radius 1 is 1.16 bits per heavy atom. The number of hydrogen-bond acceptors (Lipinski definition) is 2. The molecule has 1 aliphatic rings. The highest BCUT2D eigenvalue weighted by Gasteiger charge is 2.23. The number of aryl methyl sites for hydroxylation is 1. The lowest BCUT2D eigenvalue weighted by atomic mass is 10.1. The molecule has 2 atom stereocenters. The summed E-state index contributed by atoms with van der Waals surface area (Å²) in [5.74, 6) is 0.0953. The van der Waals surface area contributed by atoms with E-state index < -0.39 is 6.61 Å². The second-order valence-electron chi connectivity index (χ2n) is 6.08. The molecule has 0 aromatic heterocycles. The van der Waals surface area contributed by atoms with Crippen LogP contribution in [0.15, 0.2) is 48.5 Å². The molecule has 2 aromatic rings. The summed E-state index contributed by atoms with van der Waals surface area (Å²) >= 11 is 0. The normalized spacial score (nSPS) is 17.0. The van der Waals surface area contributed by atoms with Crippen LogP contribution < -0.4 is 15.4 Å². The van der Waals surface area contributed by atoms with Gasteiger partial charge in [-0.3, -0.25) is 0 Å². The van der Waals surface area contributed by atoms with Crippen molar-refractivity contribution in [1.29, 1.82) is 0 Å². The van der Waals surface area contributed by atoms with Crippen LogP contribution in [0.4, 0.5) is 13.6 Å². The largest absolute Gasteiger partial charge is 0.435 e. The topological polar surface area (TPSA) is 50.4 Å². The highest BCUT2D eigenvalue weighted by atomic mass is 19.3. The van der Waals surface area contributed by atoms with Gasteiger partial charge in [0.25, 0.3) is 0 Å². The number of rotatable bonds is 5. The van der Waals surface area contributed by atoms with Gasteiger partial charge in [0.15, 0.2) is 0 Å². The summed E-state index contributed by atoms with van der Waals surface area (Å²) in [5.41, 5.74) is 3.25. The Kier molecular flexibility index (Phi) is 5.16. The van der Waals surface area contributed by atoms with Gasteiger partial charge < -0.3 is 15.4 Å². The molecular formula is C19H20F2N2O2. The zero-order valence-corrected chi connectivity index (χ0v) is 13.8. The summed E-state index contributed by atoms with van der Waals surface area (Å²) in [4.78, 5) is 12.3. The number of fused-ring (bicyclic) bond motifs is 1. The Morgan fingerprint density at radius 3 is 2.60 bits per heavy atom. The smallest absolute Gasteiger partial charge is 0.387 e. The molecule has 4 nitrogen and oxygen atoms in total. The van der Waals surface area contributed by atoms with Gasteiger partial charge in [0, 0.05) is 0 Å². The highest BCUT2D eigenvalue weighted by Crippen LogP contribution is 2.30. The fourth-order valence-electron chi connectivity index (χ4n) is 3.12. The van der Waals surface area contributed by atoms with Gasteiger partial charge in [0.1, 0.15) is 5.75 Å². The number of amides is 2. The minimum absolute atomic E-state index is 0.0187. The lowest BCUT2D eigenvalue weighted by molar-refractivity contribution is -0.0498. The zero-order chi connectivity index (χ0) is 17.8. The maximum absolute atomic E-state index is 12.3. The first-order chi connectivity index (χ1) is 12.0. The minimum atomic E-state index is -2.85. The Balaban J connectivity index is 1.56. The number of carbonyl (C=O) groups is 1. The molecular weight excluding hydrogens is 326 g/mol. The third-order valence-corrected chi connectivity index (χ3v) is 4.39. The fourth-order valence-corrected chi connectivity index (χ4v) is 3.12. The van der Waals surface area contributed by atoms with Crippen LogP contribution in [0.2, 0.25) is 0 Å². The van der Waals surface area contributed by atoms with Gasteiger partial charge >= 0.3 is 12.6 Å². The first-order valence-corrected chi connectivity index (χ1v) is 8.22. The number of alkyl halides is 2. The molecule has 0 spiro atoms. The first kappa shape index (κ1) is 17.2. The number of hydrogen-bond donors (Lipinski definition) is 2. The first-order valence-electron chi connectivity index (χ1n) is 8.22. The van der Waals surface area contributed by atoms with Gasteiger partial charge in [-0.25, -0.2) is 4.79 Å². The highest BCUT2D eigenvalue weighted by molar-refractivity contribution is 5.75. The van der Waals surface area contributed by atoms with Crippen LogP contribution >= 0.6 is 0 Å². The molecule has 0 saturated carbocycles. The summed E-state index contributed by atoms with van der Waals surface area (Å²) in [5, 5.41) is 5.87. The minimum Gasteiger partial charge on any atom is -0.435 e. The molecule has 3 rings (SSSR count). The molecule has 1 aliphatic carbocycles. The van der Waals surface area contributed by atoms with Crippen LogP contribution in [-0.4, -0.2) is 12.6 Å². The molecule has 0 aliphatic heterocycles. The average molecular weight is 346 g/mol. The van der Waals surface area contributed by atoms with E-state index in [1.165, 1.54) is 23.3 Å². The van der Waals surface area contributed by atoms with E-state index in [0.29, 0.717) is 0 Å². The van der Waals surface area contributed by atoms with Gasteiger partial charge in [-0.1, -0.05) is 36.4 Å². The van der Waals surface area contributed by atoms with Crippen molar-refractivity contribution in [3.8, 4) is 5.75 Å². The zero-order valence-electron chi connectivity index (χ0n) is 13.8. The molecule has 6 heteroatoms. The Hall–Kier alpha value is -2.63. The van der Waals surface area contributed by atoms with Crippen LogP contribution in [-0.2, 0) is 6.42 Å². The van der Waals surface area contributed by atoms with Gasteiger partial charge in [-0.2, -0.15) is 8.78 Å². The van der Waals surface area contributed by atoms with E-state index in [4.69, 9.17) is 0 Å². The second-order valence-corrected chi connectivity index (χ2v) is 6.08. The van der Waals surface area contributed by atoms with Crippen LogP contribution in [0.1, 0.15) is 42.1 Å². The Labute approximate surface area is 145 Å². The standard InChI is InChI=1S/C19H20F2N2O2/c1-12(13-6-9-15(10-7-13)25-18(20)21)22-19(24)23-17-11-8-14-4-2-3-5-16(14)17/h2-7,9-10,12,17-18H,8,11H2,1H3,(H2,22,23,24). The van der Waals surface area contributed by atoms with Crippen molar-refractivity contribution < 1.29 is 18.3 Å². The number of ether oxygens (including phenoxy) is 1. The monoisotopic (exact) mass is 346 g/mol. The average Bonchev–Trinajstić information content (AvgIpc) is 2.98. The molecule has 0 fully saturated rings. The molecule has 2 aromatic carbocycles. The molecule has 2 N–H and O–H groups in total. The van der Waals surface area contributed by atoms with Crippen molar-refractivity contribution in [3.63, 3.8) is 0 Å². The third kappa shape index (κ3) is 4.26. The second kappa shape index (κ2) is 7.51. The van der Waals surface area contributed by atoms with E-state index in [9.17, 15) is 13.6 Å². The predicted octanol–water partition coefficient (Wildman–Crippen LogP) is 4.34. The quantitative estimate of drug-likeness (QED) is 0.846. The molecule has 0 saturated heterocycles. The molecule has 25 heavy (non-hydrogen) atoms. The van der Waals surface area contributed by atoms with Crippen molar-refractivity contribution in [2.45, 2.75) is 38.5 Å². The van der Waals surface area contributed by atoms with Crippen LogP contribution in [0.5, 0.6) is 5.75 Å². The summed E-state index contributed by atoms with van der Waals surface area (Å²) in [6.07, 6.45) is 1.85. The van der Waals surface area contributed by atoms with Crippen LogP contribution in [0.3, 0.4) is 0 Å². The summed E-state index contributed by atoms with van der Waals surface area (Å²) < 4.78 is 28.6. The predicted molar refractivity (Wildman–Crippen MR) is 90.7 cm³/mol. The van der Waals surface area contributed by atoms with Crippen molar-refractivity contribution in [2.24, 2.45) is 0 Å². The van der Waals surface area contributed by atoms with Gasteiger partial charge in [-0.15, -0.1) is 0 Å². The molecule has 132 valence electrons. The number of nitrogens with one attached hydrogen (secondary N) is 2. The molecule has 2 amide bonds. The summed E-state index contributed by atoms with van der Waals surface area (Å²) in [7, 11) is 0. The van der Waals surface area contributed by atoms with E-state index >= 15 is 0 Å². The van der Waals surface area contributed by atoms with Crippen molar-refractivity contribution in [1.82, 2.24) is 10.6 Å². The Bertz CT molecular complexity index is 734.